The Balaban J connectivity index is 2.19. The van der Waals surface area contributed by atoms with Gasteiger partial charge in [0, 0.05) is 23.5 Å². The first-order valence-corrected chi connectivity index (χ1v) is 6.19. The number of hydrogen-bond donors (Lipinski definition) is 1. The third-order valence-electron chi connectivity index (χ3n) is 3.41. The van der Waals surface area contributed by atoms with Gasteiger partial charge in [-0.15, -0.1) is 0 Å². The molecule has 1 fully saturated rings. The van der Waals surface area contributed by atoms with Gasteiger partial charge in [0.1, 0.15) is 0 Å². The first kappa shape index (κ1) is 11.9. The van der Waals surface area contributed by atoms with Crippen LogP contribution in [0.4, 0.5) is 0 Å². The van der Waals surface area contributed by atoms with E-state index in [0.717, 1.165) is 18.1 Å². The molecule has 1 aromatic rings. The van der Waals surface area contributed by atoms with E-state index in [1.54, 1.807) is 0 Å². The fourth-order valence-corrected chi connectivity index (χ4v) is 2.64. The van der Waals surface area contributed by atoms with E-state index in [2.05, 4.69) is 36.4 Å². The summed E-state index contributed by atoms with van der Waals surface area (Å²) >= 11 is 5.92. The molecule has 0 bridgehead atoms. The molecule has 2 unspecified atom stereocenters. The second-order valence-corrected chi connectivity index (χ2v) is 5.12. The first-order chi connectivity index (χ1) is 7.68. The average Bonchev–Trinajstić information content (AvgIpc) is 2.30. The van der Waals surface area contributed by atoms with Crippen LogP contribution in [0.15, 0.2) is 24.3 Å². The van der Waals surface area contributed by atoms with Crippen molar-refractivity contribution in [3.05, 3.63) is 34.9 Å². The Morgan fingerprint density at radius 2 is 1.94 bits per heavy atom. The van der Waals surface area contributed by atoms with Gasteiger partial charge >= 0.3 is 0 Å². The molecule has 1 N–H and O–H groups in total. The number of hydrogen-bond acceptors (Lipinski definition) is 2. The van der Waals surface area contributed by atoms with Crippen LogP contribution in [-0.4, -0.2) is 38.1 Å². The van der Waals surface area contributed by atoms with Gasteiger partial charge in [-0.3, -0.25) is 0 Å². The molecule has 1 aromatic carbocycles. The van der Waals surface area contributed by atoms with Gasteiger partial charge in [0.15, 0.2) is 0 Å². The zero-order valence-electron chi connectivity index (χ0n) is 9.91. The van der Waals surface area contributed by atoms with Crippen LogP contribution in [0.1, 0.15) is 17.9 Å². The van der Waals surface area contributed by atoms with E-state index in [-0.39, 0.29) is 0 Å². The predicted octanol–water partition coefficient (Wildman–Crippen LogP) is 2.35. The van der Waals surface area contributed by atoms with Crippen molar-refractivity contribution in [3.63, 3.8) is 0 Å². The average molecular weight is 239 g/mol. The van der Waals surface area contributed by atoms with Gasteiger partial charge in [-0.1, -0.05) is 23.7 Å². The third kappa shape index (κ3) is 2.57. The van der Waals surface area contributed by atoms with Crippen LogP contribution in [0.3, 0.4) is 0 Å². The highest BCUT2D eigenvalue weighted by Crippen LogP contribution is 2.27. The largest absolute Gasteiger partial charge is 0.316 e. The van der Waals surface area contributed by atoms with Crippen LogP contribution in [0, 0.1) is 0 Å². The van der Waals surface area contributed by atoms with Crippen molar-refractivity contribution in [2.45, 2.75) is 18.4 Å². The Bertz CT molecular complexity index is 334. The molecule has 2 atom stereocenters. The third-order valence-corrected chi connectivity index (χ3v) is 3.66. The normalized spacial score (nSPS) is 26.0. The lowest BCUT2D eigenvalue weighted by atomic mass is 9.86. The molecule has 88 valence electrons. The molecular formula is C13H19ClN2. The molecule has 2 nitrogen and oxygen atoms in total. The highest BCUT2D eigenvalue weighted by atomic mass is 35.5. The quantitative estimate of drug-likeness (QED) is 0.851. The minimum atomic E-state index is 0.570. The molecule has 3 heteroatoms. The monoisotopic (exact) mass is 238 g/mol. The van der Waals surface area contributed by atoms with E-state index < -0.39 is 0 Å². The number of nitrogens with one attached hydrogen (secondary N) is 1. The Morgan fingerprint density at radius 1 is 1.25 bits per heavy atom. The molecule has 1 heterocycles. The zero-order valence-corrected chi connectivity index (χ0v) is 10.7. The summed E-state index contributed by atoms with van der Waals surface area (Å²) in [6.45, 7) is 2.18. The topological polar surface area (TPSA) is 15.3 Å². The lowest BCUT2D eigenvalue weighted by Gasteiger charge is -2.37. The maximum absolute atomic E-state index is 5.92. The predicted molar refractivity (Wildman–Crippen MR) is 69.2 cm³/mol. The summed E-state index contributed by atoms with van der Waals surface area (Å²) in [7, 11) is 4.33. The second kappa shape index (κ2) is 5.17. The van der Waals surface area contributed by atoms with Crippen LogP contribution in [-0.2, 0) is 0 Å². The molecule has 16 heavy (non-hydrogen) atoms. The fourth-order valence-electron chi connectivity index (χ4n) is 2.51. The maximum atomic E-state index is 5.92. The molecule has 1 aliphatic heterocycles. The van der Waals surface area contributed by atoms with Crippen LogP contribution in [0.2, 0.25) is 5.02 Å². The number of piperidine rings is 1. The van der Waals surface area contributed by atoms with Crippen LogP contribution < -0.4 is 5.32 Å². The van der Waals surface area contributed by atoms with Crippen molar-refractivity contribution in [2.24, 2.45) is 0 Å². The number of likely N-dealkylation sites (N-methyl/N-ethyl adjacent to an activating group) is 1. The lowest BCUT2D eigenvalue weighted by molar-refractivity contribution is 0.209. The van der Waals surface area contributed by atoms with Crippen molar-refractivity contribution in [3.8, 4) is 0 Å². The van der Waals surface area contributed by atoms with Gasteiger partial charge in [0.2, 0.25) is 0 Å². The summed E-state index contributed by atoms with van der Waals surface area (Å²) < 4.78 is 0. The standard InChI is InChI=1S/C13H19ClN2/c1-16(2)13-7-8-15-9-12(13)10-3-5-11(14)6-4-10/h3-6,12-13,15H,7-9H2,1-2H3. The van der Waals surface area contributed by atoms with Crippen LogP contribution in [0.25, 0.3) is 0 Å². The van der Waals surface area contributed by atoms with Crippen molar-refractivity contribution < 1.29 is 0 Å². The number of rotatable bonds is 2. The highest BCUT2D eigenvalue weighted by molar-refractivity contribution is 6.30. The Morgan fingerprint density at radius 3 is 2.56 bits per heavy atom. The summed E-state index contributed by atoms with van der Waals surface area (Å²) in [5.74, 6) is 0.570. The fraction of sp³-hybridized carbons (Fsp3) is 0.538. The second-order valence-electron chi connectivity index (χ2n) is 4.68. The highest BCUT2D eigenvalue weighted by Gasteiger charge is 2.27. The number of benzene rings is 1. The van der Waals surface area contributed by atoms with E-state index in [4.69, 9.17) is 11.6 Å². The SMILES string of the molecule is CN(C)C1CCNCC1c1ccc(Cl)cc1. The van der Waals surface area contributed by atoms with Crippen molar-refractivity contribution in [2.75, 3.05) is 27.2 Å². The van der Waals surface area contributed by atoms with Gasteiger partial charge in [0.05, 0.1) is 0 Å². The van der Waals surface area contributed by atoms with E-state index in [0.29, 0.717) is 12.0 Å². The Kier molecular flexibility index (Phi) is 3.85. The first-order valence-electron chi connectivity index (χ1n) is 5.81. The Hall–Kier alpha value is -0.570. The molecule has 0 saturated carbocycles. The smallest absolute Gasteiger partial charge is 0.0406 e. The van der Waals surface area contributed by atoms with E-state index in [1.807, 2.05) is 12.1 Å². The maximum Gasteiger partial charge on any atom is 0.0406 e. The van der Waals surface area contributed by atoms with E-state index in [9.17, 15) is 0 Å². The van der Waals surface area contributed by atoms with Gasteiger partial charge < -0.3 is 10.2 Å². The molecule has 0 spiro atoms. The summed E-state index contributed by atoms with van der Waals surface area (Å²) in [5.41, 5.74) is 1.38. The molecular weight excluding hydrogens is 220 g/mol. The molecule has 0 radical (unpaired) electrons. The van der Waals surface area contributed by atoms with Crippen molar-refractivity contribution in [1.82, 2.24) is 10.2 Å². The lowest BCUT2D eigenvalue weighted by Crippen LogP contribution is -2.45. The van der Waals surface area contributed by atoms with Gasteiger partial charge in [0.25, 0.3) is 0 Å². The van der Waals surface area contributed by atoms with Crippen molar-refractivity contribution in [1.29, 1.82) is 0 Å². The summed E-state index contributed by atoms with van der Waals surface area (Å²) in [6, 6.07) is 8.89. The molecule has 0 aromatic heterocycles. The zero-order chi connectivity index (χ0) is 11.5. The molecule has 0 amide bonds. The van der Waals surface area contributed by atoms with E-state index in [1.165, 1.54) is 12.0 Å². The molecule has 0 aliphatic carbocycles. The van der Waals surface area contributed by atoms with Gasteiger partial charge in [-0.25, -0.2) is 0 Å². The summed E-state index contributed by atoms with van der Waals surface area (Å²) in [6.07, 6.45) is 1.21. The molecule has 2 rings (SSSR count). The minimum absolute atomic E-state index is 0.570. The minimum Gasteiger partial charge on any atom is -0.316 e. The van der Waals surface area contributed by atoms with Crippen molar-refractivity contribution >= 4 is 11.6 Å². The van der Waals surface area contributed by atoms with Gasteiger partial charge in [-0.2, -0.15) is 0 Å². The molecule has 1 saturated heterocycles. The molecule has 1 aliphatic rings. The summed E-state index contributed by atoms with van der Waals surface area (Å²) in [5, 5.41) is 4.29. The number of nitrogens with zero attached hydrogens (tertiary/aromatic N) is 1. The number of halogens is 1. The van der Waals surface area contributed by atoms with Crippen LogP contribution >= 0.6 is 11.6 Å². The van der Waals surface area contributed by atoms with E-state index >= 15 is 0 Å². The van der Waals surface area contributed by atoms with Gasteiger partial charge in [-0.05, 0) is 44.8 Å². The summed E-state index contributed by atoms with van der Waals surface area (Å²) in [4.78, 5) is 2.33. The van der Waals surface area contributed by atoms with Crippen LogP contribution in [0.5, 0.6) is 0 Å². The Labute approximate surface area is 103 Å².